The number of hydrogen-bond donors (Lipinski definition) is 0. The maximum absolute atomic E-state index is 12.7. The number of amides is 1. The van der Waals surface area contributed by atoms with Crippen LogP contribution in [0.4, 0.5) is 0 Å². The second kappa shape index (κ2) is 8.85. The Hall–Kier alpha value is -2.08. The highest BCUT2D eigenvalue weighted by molar-refractivity contribution is 8.00. The minimum atomic E-state index is -0.225. The van der Waals surface area contributed by atoms with Crippen LogP contribution in [0.2, 0.25) is 0 Å². The number of rotatable bonds is 8. The van der Waals surface area contributed by atoms with Crippen LogP contribution in [-0.2, 0) is 11.3 Å². The summed E-state index contributed by atoms with van der Waals surface area (Å²) in [4.78, 5) is 14.5. The van der Waals surface area contributed by atoms with Crippen molar-refractivity contribution in [2.75, 3.05) is 13.1 Å². The molecule has 0 radical (unpaired) electrons. The van der Waals surface area contributed by atoms with Crippen LogP contribution < -0.4 is 0 Å². The van der Waals surface area contributed by atoms with Crippen molar-refractivity contribution in [3.05, 3.63) is 53.9 Å². The van der Waals surface area contributed by atoms with Gasteiger partial charge >= 0.3 is 0 Å². The van der Waals surface area contributed by atoms with E-state index in [0.717, 1.165) is 16.6 Å². The first kappa shape index (κ1) is 19.2. The highest BCUT2D eigenvalue weighted by atomic mass is 32.2. The Morgan fingerprint density at radius 1 is 1.32 bits per heavy atom. The van der Waals surface area contributed by atoms with Crippen molar-refractivity contribution in [3.63, 3.8) is 0 Å². The molecule has 0 bridgehead atoms. The van der Waals surface area contributed by atoms with E-state index in [0.29, 0.717) is 19.6 Å². The molecule has 0 aliphatic carbocycles. The molecule has 1 atom stereocenters. The summed E-state index contributed by atoms with van der Waals surface area (Å²) in [5, 5.41) is 9.01. The number of carbonyl (C=O) groups is 1. The SMILES string of the molecule is C=C(C)CN(CC)C(=O)C(C)Sc1nnc(C)n1Cc1ccccc1. The number of hydrogen-bond acceptors (Lipinski definition) is 4. The molecule has 134 valence electrons. The molecule has 0 N–H and O–H groups in total. The van der Waals surface area contributed by atoms with E-state index in [1.807, 2.05) is 50.8 Å². The van der Waals surface area contributed by atoms with Crippen molar-refractivity contribution >= 4 is 17.7 Å². The fourth-order valence-electron chi connectivity index (χ4n) is 2.53. The number of aromatic nitrogens is 3. The van der Waals surface area contributed by atoms with Gasteiger partial charge in [-0.2, -0.15) is 0 Å². The molecule has 2 rings (SSSR count). The van der Waals surface area contributed by atoms with Crippen LogP contribution in [0.1, 0.15) is 32.2 Å². The van der Waals surface area contributed by atoms with Gasteiger partial charge in [0.25, 0.3) is 0 Å². The van der Waals surface area contributed by atoms with Crippen LogP contribution in [0.3, 0.4) is 0 Å². The van der Waals surface area contributed by atoms with Crippen LogP contribution in [0, 0.1) is 6.92 Å². The smallest absolute Gasteiger partial charge is 0.236 e. The van der Waals surface area contributed by atoms with Crippen LogP contribution >= 0.6 is 11.8 Å². The van der Waals surface area contributed by atoms with Crippen LogP contribution in [0.5, 0.6) is 0 Å². The second-order valence-corrected chi connectivity index (χ2v) is 7.48. The van der Waals surface area contributed by atoms with Gasteiger partial charge in [-0.3, -0.25) is 4.79 Å². The zero-order valence-electron chi connectivity index (χ0n) is 15.4. The van der Waals surface area contributed by atoms with Gasteiger partial charge < -0.3 is 9.47 Å². The molecule has 0 fully saturated rings. The third-order valence-electron chi connectivity index (χ3n) is 3.87. The zero-order chi connectivity index (χ0) is 18.4. The maximum atomic E-state index is 12.7. The largest absolute Gasteiger partial charge is 0.338 e. The summed E-state index contributed by atoms with van der Waals surface area (Å²) in [7, 11) is 0. The third-order valence-corrected chi connectivity index (χ3v) is 4.94. The average Bonchev–Trinajstić information content (AvgIpc) is 2.93. The molecule has 0 spiro atoms. The number of likely N-dealkylation sites (N-methyl/N-ethyl adjacent to an activating group) is 1. The van der Waals surface area contributed by atoms with E-state index in [1.54, 1.807) is 0 Å². The molecule has 25 heavy (non-hydrogen) atoms. The lowest BCUT2D eigenvalue weighted by molar-refractivity contribution is -0.129. The molecule has 1 aromatic carbocycles. The van der Waals surface area contributed by atoms with Gasteiger partial charge in [-0.25, -0.2) is 0 Å². The van der Waals surface area contributed by atoms with Crippen LogP contribution in [0.15, 0.2) is 47.6 Å². The standard InChI is InChI=1S/C19H26N4OS/c1-6-22(12-14(2)3)18(24)15(4)25-19-21-20-16(5)23(19)13-17-10-8-7-9-11-17/h7-11,15H,2,6,12-13H2,1,3-5H3. The molecule has 0 aliphatic rings. The van der Waals surface area contributed by atoms with E-state index in [9.17, 15) is 4.79 Å². The summed E-state index contributed by atoms with van der Waals surface area (Å²) < 4.78 is 2.05. The van der Waals surface area contributed by atoms with Gasteiger partial charge in [0.1, 0.15) is 5.82 Å². The highest BCUT2D eigenvalue weighted by Gasteiger charge is 2.23. The van der Waals surface area contributed by atoms with Crippen LogP contribution in [0.25, 0.3) is 0 Å². The number of nitrogens with zero attached hydrogens (tertiary/aromatic N) is 4. The summed E-state index contributed by atoms with van der Waals surface area (Å²) >= 11 is 1.46. The summed E-state index contributed by atoms with van der Waals surface area (Å²) in [5.74, 6) is 0.947. The van der Waals surface area contributed by atoms with E-state index in [1.165, 1.54) is 17.3 Å². The van der Waals surface area contributed by atoms with Crippen molar-refractivity contribution in [3.8, 4) is 0 Å². The molecule has 1 unspecified atom stereocenters. The first-order chi connectivity index (χ1) is 11.9. The fraction of sp³-hybridized carbons (Fsp3) is 0.421. The molecule has 1 amide bonds. The summed E-state index contributed by atoms with van der Waals surface area (Å²) in [6.45, 7) is 13.7. The monoisotopic (exact) mass is 358 g/mol. The molecule has 2 aromatic rings. The van der Waals surface area contributed by atoms with E-state index in [-0.39, 0.29) is 11.2 Å². The molecular formula is C19H26N4OS. The van der Waals surface area contributed by atoms with Crippen molar-refractivity contribution in [2.24, 2.45) is 0 Å². The molecule has 6 heteroatoms. The molecule has 1 heterocycles. The summed E-state index contributed by atoms with van der Waals surface area (Å²) in [6, 6.07) is 10.2. The minimum Gasteiger partial charge on any atom is -0.338 e. The van der Waals surface area contributed by atoms with E-state index < -0.39 is 0 Å². The van der Waals surface area contributed by atoms with Gasteiger partial charge in [0.15, 0.2) is 5.16 Å². The Labute approximate surface area is 154 Å². The number of aryl methyl sites for hydroxylation is 1. The number of carbonyl (C=O) groups excluding carboxylic acids is 1. The Balaban J connectivity index is 2.12. The van der Waals surface area contributed by atoms with Gasteiger partial charge in [0, 0.05) is 13.1 Å². The number of benzene rings is 1. The Bertz CT molecular complexity index is 726. The van der Waals surface area contributed by atoms with E-state index >= 15 is 0 Å². The summed E-state index contributed by atoms with van der Waals surface area (Å²) in [6.07, 6.45) is 0. The average molecular weight is 359 g/mol. The van der Waals surface area contributed by atoms with Crippen LogP contribution in [-0.4, -0.2) is 43.9 Å². The first-order valence-electron chi connectivity index (χ1n) is 8.46. The normalized spacial score (nSPS) is 12.0. The Morgan fingerprint density at radius 2 is 2.00 bits per heavy atom. The lowest BCUT2D eigenvalue weighted by Crippen LogP contribution is -2.37. The zero-order valence-corrected chi connectivity index (χ0v) is 16.2. The summed E-state index contributed by atoms with van der Waals surface area (Å²) in [5.41, 5.74) is 2.17. The fourth-order valence-corrected chi connectivity index (χ4v) is 3.51. The highest BCUT2D eigenvalue weighted by Crippen LogP contribution is 2.24. The molecule has 0 aliphatic heterocycles. The predicted molar refractivity (Wildman–Crippen MR) is 103 cm³/mol. The van der Waals surface area contributed by atoms with E-state index in [2.05, 4.69) is 33.5 Å². The van der Waals surface area contributed by atoms with Gasteiger partial charge in [-0.05, 0) is 33.3 Å². The lowest BCUT2D eigenvalue weighted by Gasteiger charge is -2.24. The van der Waals surface area contributed by atoms with E-state index in [4.69, 9.17) is 0 Å². The molecule has 0 saturated heterocycles. The second-order valence-electron chi connectivity index (χ2n) is 6.17. The third kappa shape index (κ3) is 5.19. The van der Waals surface area contributed by atoms with Crippen molar-refractivity contribution < 1.29 is 4.79 Å². The minimum absolute atomic E-state index is 0.0995. The quantitative estimate of drug-likeness (QED) is 0.535. The van der Waals surface area contributed by atoms with Gasteiger partial charge in [0.2, 0.25) is 5.91 Å². The molecular weight excluding hydrogens is 332 g/mol. The van der Waals surface area contributed by atoms with Crippen molar-refractivity contribution in [1.29, 1.82) is 0 Å². The topological polar surface area (TPSA) is 51.0 Å². The lowest BCUT2D eigenvalue weighted by atomic mass is 10.2. The number of thioether (sulfide) groups is 1. The van der Waals surface area contributed by atoms with Crippen molar-refractivity contribution in [1.82, 2.24) is 19.7 Å². The van der Waals surface area contributed by atoms with Gasteiger partial charge in [0.05, 0.1) is 11.8 Å². The predicted octanol–water partition coefficient (Wildman–Crippen LogP) is 3.54. The Morgan fingerprint density at radius 3 is 2.60 bits per heavy atom. The molecule has 0 saturated carbocycles. The van der Waals surface area contributed by atoms with Gasteiger partial charge in [-0.1, -0.05) is 54.2 Å². The van der Waals surface area contributed by atoms with Crippen molar-refractivity contribution in [2.45, 2.75) is 44.6 Å². The van der Waals surface area contributed by atoms with Gasteiger partial charge in [-0.15, -0.1) is 10.2 Å². The Kier molecular flexibility index (Phi) is 6.82. The molecule has 5 nitrogen and oxygen atoms in total. The maximum Gasteiger partial charge on any atom is 0.236 e. The molecule has 1 aromatic heterocycles. The first-order valence-corrected chi connectivity index (χ1v) is 9.33.